The standard InChI is InChI=1S/C18H16F3N3O2S/c19-18(20,21)12-7-8-17(26)24(10-12)11-15(25)22-9-3-6-16-23-13-4-1-2-5-14(13)27-16/h1-2,4-5,7-8,10H,3,6,9,11H2,(H,22,25). The smallest absolute Gasteiger partial charge is 0.355 e. The number of aryl methyl sites for hydroxylation is 1. The van der Waals surface area contributed by atoms with Gasteiger partial charge in [0.05, 0.1) is 20.8 Å². The van der Waals surface area contributed by atoms with Crippen LogP contribution in [-0.4, -0.2) is 22.0 Å². The van der Waals surface area contributed by atoms with Gasteiger partial charge in [0.2, 0.25) is 5.91 Å². The number of benzene rings is 1. The minimum Gasteiger partial charge on any atom is -0.355 e. The number of aromatic nitrogens is 2. The lowest BCUT2D eigenvalue weighted by Crippen LogP contribution is -2.33. The van der Waals surface area contributed by atoms with Crippen LogP contribution in [0.25, 0.3) is 10.2 Å². The number of amides is 1. The van der Waals surface area contributed by atoms with Gasteiger partial charge in [-0.2, -0.15) is 13.2 Å². The van der Waals surface area contributed by atoms with E-state index in [1.54, 1.807) is 11.3 Å². The molecule has 27 heavy (non-hydrogen) atoms. The maximum absolute atomic E-state index is 12.7. The molecule has 2 aromatic heterocycles. The molecule has 0 bridgehead atoms. The van der Waals surface area contributed by atoms with Crippen molar-refractivity contribution in [3.63, 3.8) is 0 Å². The Morgan fingerprint density at radius 1 is 1.19 bits per heavy atom. The predicted molar refractivity (Wildman–Crippen MR) is 96.7 cm³/mol. The average Bonchev–Trinajstić information content (AvgIpc) is 3.02. The molecule has 0 atom stereocenters. The summed E-state index contributed by atoms with van der Waals surface area (Å²) in [5.74, 6) is -0.513. The van der Waals surface area contributed by atoms with Gasteiger partial charge in [0.15, 0.2) is 0 Å². The molecular formula is C18H16F3N3O2S. The summed E-state index contributed by atoms with van der Waals surface area (Å²) in [4.78, 5) is 28.1. The van der Waals surface area contributed by atoms with Crippen molar-refractivity contribution in [2.75, 3.05) is 6.54 Å². The molecule has 1 aromatic carbocycles. The Hall–Kier alpha value is -2.68. The summed E-state index contributed by atoms with van der Waals surface area (Å²) in [5.41, 5.74) is -0.691. The van der Waals surface area contributed by atoms with Gasteiger partial charge >= 0.3 is 6.18 Å². The van der Waals surface area contributed by atoms with E-state index in [1.165, 1.54) is 0 Å². The van der Waals surface area contributed by atoms with Crippen LogP contribution in [0, 0.1) is 0 Å². The normalized spacial score (nSPS) is 11.7. The van der Waals surface area contributed by atoms with Crippen LogP contribution in [0.3, 0.4) is 0 Å². The van der Waals surface area contributed by atoms with Crippen molar-refractivity contribution in [3.05, 3.63) is 63.5 Å². The van der Waals surface area contributed by atoms with Crippen LogP contribution in [0.15, 0.2) is 47.4 Å². The maximum Gasteiger partial charge on any atom is 0.417 e. The third kappa shape index (κ3) is 4.94. The first-order valence-electron chi connectivity index (χ1n) is 8.22. The highest BCUT2D eigenvalue weighted by Gasteiger charge is 2.31. The van der Waals surface area contributed by atoms with Crippen molar-refractivity contribution < 1.29 is 18.0 Å². The molecular weight excluding hydrogens is 379 g/mol. The zero-order valence-corrected chi connectivity index (χ0v) is 14.9. The van der Waals surface area contributed by atoms with E-state index in [0.29, 0.717) is 31.6 Å². The molecule has 0 saturated carbocycles. The van der Waals surface area contributed by atoms with Gasteiger partial charge in [0.25, 0.3) is 5.56 Å². The molecule has 0 aliphatic rings. The van der Waals surface area contributed by atoms with Crippen LogP contribution in [0.4, 0.5) is 13.2 Å². The van der Waals surface area contributed by atoms with Crippen molar-refractivity contribution in [1.29, 1.82) is 0 Å². The van der Waals surface area contributed by atoms with Crippen LogP contribution < -0.4 is 10.9 Å². The molecule has 0 saturated heterocycles. The second-order valence-corrected chi connectivity index (χ2v) is 7.03. The number of hydrogen-bond acceptors (Lipinski definition) is 4. The van der Waals surface area contributed by atoms with Crippen molar-refractivity contribution >= 4 is 27.5 Å². The summed E-state index contributed by atoms with van der Waals surface area (Å²) in [6.07, 6.45) is -2.58. The van der Waals surface area contributed by atoms with Crippen molar-refractivity contribution in [2.45, 2.75) is 25.6 Å². The van der Waals surface area contributed by atoms with E-state index >= 15 is 0 Å². The van der Waals surface area contributed by atoms with E-state index in [-0.39, 0.29) is 0 Å². The largest absolute Gasteiger partial charge is 0.417 e. The van der Waals surface area contributed by atoms with Crippen molar-refractivity contribution in [1.82, 2.24) is 14.9 Å². The lowest BCUT2D eigenvalue weighted by atomic mass is 10.2. The molecule has 0 aliphatic heterocycles. The third-order valence-electron chi connectivity index (χ3n) is 3.85. The average molecular weight is 395 g/mol. The molecule has 0 fully saturated rings. The van der Waals surface area contributed by atoms with Gasteiger partial charge < -0.3 is 9.88 Å². The number of nitrogens with one attached hydrogen (secondary N) is 1. The number of nitrogens with zero attached hydrogens (tertiary/aromatic N) is 2. The quantitative estimate of drug-likeness (QED) is 0.652. The zero-order chi connectivity index (χ0) is 19.4. The lowest BCUT2D eigenvalue weighted by Gasteiger charge is -2.10. The number of carbonyl (C=O) groups excluding carboxylic acids is 1. The Kier molecular flexibility index (Phi) is 5.59. The molecule has 0 spiro atoms. The number of fused-ring (bicyclic) bond motifs is 1. The molecule has 0 radical (unpaired) electrons. The second-order valence-electron chi connectivity index (χ2n) is 5.91. The Bertz CT molecular complexity index is 978. The fourth-order valence-corrected chi connectivity index (χ4v) is 3.54. The Labute approximate surface area is 156 Å². The van der Waals surface area contributed by atoms with Crippen LogP contribution in [0.1, 0.15) is 17.0 Å². The van der Waals surface area contributed by atoms with Crippen molar-refractivity contribution in [3.8, 4) is 0 Å². The topological polar surface area (TPSA) is 64.0 Å². The number of halogens is 3. The van der Waals surface area contributed by atoms with Gasteiger partial charge in [0, 0.05) is 25.2 Å². The monoisotopic (exact) mass is 395 g/mol. The van der Waals surface area contributed by atoms with Gasteiger partial charge in [-0.3, -0.25) is 9.59 Å². The first-order valence-corrected chi connectivity index (χ1v) is 9.03. The predicted octanol–water partition coefficient (Wildman–Crippen LogP) is 3.23. The number of carbonyl (C=O) groups is 1. The third-order valence-corrected chi connectivity index (χ3v) is 4.95. The fraction of sp³-hybridized carbons (Fsp3) is 0.278. The van der Waals surface area contributed by atoms with E-state index < -0.39 is 29.8 Å². The summed E-state index contributed by atoms with van der Waals surface area (Å²) in [5, 5.41) is 3.58. The molecule has 1 amide bonds. The second kappa shape index (κ2) is 7.91. The van der Waals surface area contributed by atoms with Gasteiger partial charge in [-0.05, 0) is 24.6 Å². The number of thiazole rings is 1. The van der Waals surface area contributed by atoms with E-state index in [4.69, 9.17) is 0 Å². The summed E-state index contributed by atoms with van der Waals surface area (Å²) in [6, 6.07) is 9.30. The summed E-state index contributed by atoms with van der Waals surface area (Å²) in [7, 11) is 0. The molecule has 5 nitrogen and oxygen atoms in total. The molecule has 3 rings (SSSR count). The molecule has 0 unspecified atom stereocenters. The summed E-state index contributed by atoms with van der Waals surface area (Å²) < 4.78 is 40.0. The SMILES string of the molecule is O=C(Cn1cc(C(F)(F)F)ccc1=O)NCCCc1nc2ccccc2s1. The molecule has 2 heterocycles. The number of rotatable bonds is 6. The van der Waals surface area contributed by atoms with E-state index in [0.717, 1.165) is 25.9 Å². The van der Waals surface area contributed by atoms with Gasteiger partial charge in [-0.1, -0.05) is 12.1 Å². The molecule has 142 valence electrons. The fourth-order valence-electron chi connectivity index (χ4n) is 2.53. The van der Waals surface area contributed by atoms with Crippen LogP contribution in [0.2, 0.25) is 0 Å². The first kappa shape index (κ1) is 19.1. The Morgan fingerprint density at radius 3 is 2.70 bits per heavy atom. The van der Waals surface area contributed by atoms with Gasteiger partial charge in [0.1, 0.15) is 6.54 Å². The summed E-state index contributed by atoms with van der Waals surface area (Å²) >= 11 is 1.59. The minimum absolute atomic E-state index is 0.350. The van der Waals surface area contributed by atoms with Crippen LogP contribution in [0.5, 0.6) is 0 Å². The number of hydrogen-bond donors (Lipinski definition) is 1. The van der Waals surface area contributed by atoms with E-state index in [1.807, 2.05) is 24.3 Å². The van der Waals surface area contributed by atoms with Crippen LogP contribution in [-0.2, 0) is 23.9 Å². The van der Waals surface area contributed by atoms with E-state index in [9.17, 15) is 22.8 Å². The molecule has 9 heteroatoms. The van der Waals surface area contributed by atoms with Gasteiger partial charge in [-0.15, -0.1) is 11.3 Å². The van der Waals surface area contributed by atoms with Crippen LogP contribution >= 0.6 is 11.3 Å². The van der Waals surface area contributed by atoms with Gasteiger partial charge in [-0.25, -0.2) is 4.98 Å². The highest BCUT2D eigenvalue weighted by atomic mass is 32.1. The lowest BCUT2D eigenvalue weighted by molar-refractivity contribution is -0.138. The zero-order valence-electron chi connectivity index (χ0n) is 14.1. The molecule has 3 aromatic rings. The number of alkyl halides is 3. The highest BCUT2D eigenvalue weighted by Crippen LogP contribution is 2.28. The minimum atomic E-state index is -4.57. The molecule has 1 N–H and O–H groups in total. The number of pyridine rings is 1. The molecule has 0 aliphatic carbocycles. The summed E-state index contributed by atoms with van der Waals surface area (Å²) in [6.45, 7) is -0.105. The Balaban J connectivity index is 1.50. The maximum atomic E-state index is 12.7. The number of para-hydroxylation sites is 1. The first-order chi connectivity index (χ1) is 12.8. The highest BCUT2D eigenvalue weighted by molar-refractivity contribution is 7.18. The Morgan fingerprint density at radius 2 is 1.96 bits per heavy atom. The van der Waals surface area contributed by atoms with E-state index in [2.05, 4.69) is 10.3 Å². The van der Waals surface area contributed by atoms with Crippen molar-refractivity contribution in [2.24, 2.45) is 0 Å².